The van der Waals surface area contributed by atoms with Crippen molar-refractivity contribution in [3.63, 3.8) is 0 Å². The van der Waals surface area contributed by atoms with E-state index in [-0.39, 0.29) is 5.97 Å². The first-order chi connectivity index (χ1) is 7.26. The maximum absolute atomic E-state index is 11.1. The first kappa shape index (κ1) is 12.0. The summed E-state index contributed by atoms with van der Waals surface area (Å²) < 4.78 is 4.65. The largest absolute Gasteiger partial charge is 0.469 e. The van der Waals surface area contributed by atoms with E-state index < -0.39 is 0 Å². The standard InChI is InChI=1S/C13H20O2/c1-3-4-5-6-11-7-8-12(9-11)10-13(14)15-2/h6-8,12H,3-5,9-10H2,1-2H3/b11-6+. The number of carbonyl (C=O) groups excluding carboxylic acids is 1. The lowest BCUT2D eigenvalue weighted by atomic mass is 10.0. The summed E-state index contributed by atoms with van der Waals surface area (Å²) in [6, 6.07) is 0. The van der Waals surface area contributed by atoms with Crippen molar-refractivity contribution in [2.75, 3.05) is 7.11 Å². The van der Waals surface area contributed by atoms with Crippen LogP contribution >= 0.6 is 0 Å². The minimum atomic E-state index is -0.112. The average molecular weight is 208 g/mol. The van der Waals surface area contributed by atoms with Gasteiger partial charge in [0, 0.05) is 0 Å². The van der Waals surface area contributed by atoms with Gasteiger partial charge in [-0.1, -0.05) is 43.6 Å². The SMILES string of the molecule is CCCC/C=C1\C=CC(CC(=O)OC)C1. The molecule has 15 heavy (non-hydrogen) atoms. The van der Waals surface area contributed by atoms with E-state index in [9.17, 15) is 4.79 Å². The van der Waals surface area contributed by atoms with Gasteiger partial charge >= 0.3 is 5.97 Å². The molecule has 0 saturated heterocycles. The van der Waals surface area contributed by atoms with Crippen molar-refractivity contribution in [3.05, 3.63) is 23.8 Å². The number of hydrogen-bond acceptors (Lipinski definition) is 2. The van der Waals surface area contributed by atoms with Crippen LogP contribution in [0.1, 0.15) is 39.0 Å². The molecule has 0 aliphatic heterocycles. The summed E-state index contributed by atoms with van der Waals surface area (Å²) in [6.07, 6.45) is 11.7. The number of unbranched alkanes of at least 4 members (excludes halogenated alkanes) is 2. The highest BCUT2D eigenvalue weighted by molar-refractivity contribution is 5.70. The van der Waals surface area contributed by atoms with Crippen LogP contribution in [0.15, 0.2) is 23.8 Å². The third kappa shape index (κ3) is 4.32. The Morgan fingerprint density at radius 2 is 2.47 bits per heavy atom. The number of carbonyl (C=O) groups is 1. The molecular weight excluding hydrogens is 188 g/mol. The molecule has 1 unspecified atom stereocenters. The van der Waals surface area contributed by atoms with Gasteiger partial charge in [-0.15, -0.1) is 0 Å². The summed E-state index contributed by atoms with van der Waals surface area (Å²) in [5.74, 6) is 0.241. The van der Waals surface area contributed by atoms with E-state index in [2.05, 4.69) is 29.9 Å². The van der Waals surface area contributed by atoms with Crippen LogP contribution < -0.4 is 0 Å². The summed E-state index contributed by atoms with van der Waals surface area (Å²) in [5.41, 5.74) is 1.37. The first-order valence-corrected chi connectivity index (χ1v) is 5.70. The molecule has 0 radical (unpaired) electrons. The average Bonchev–Trinajstić information content (AvgIpc) is 2.66. The normalized spacial score (nSPS) is 22.3. The minimum absolute atomic E-state index is 0.112. The van der Waals surface area contributed by atoms with Gasteiger partial charge in [-0.25, -0.2) is 0 Å². The Kier molecular flexibility index (Phi) is 5.16. The molecule has 0 heterocycles. The second-order valence-corrected chi connectivity index (χ2v) is 4.02. The van der Waals surface area contributed by atoms with Crippen molar-refractivity contribution in [2.45, 2.75) is 39.0 Å². The molecule has 1 aliphatic rings. The van der Waals surface area contributed by atoms with Crippen LogP contribution in [0.4, 0.5) is 0 Å². The number of rotatable bonds is 5. The summed E-state index contributed by atoms with van der Waals surface area (Å²) in [4.78, 5) is 11.1. The van der Waals surface area contributed by atoms with Gasteiger partial charge in [0.05, 0.1) is 13.5 Å². The third-order valence-electron chi connectivity index (χ3n) is 2.70. The molecule has 0 amide bonds. The molecule has 84 valence electrons. The van der Waals surface area contributed by atoms with Gasteiger partial charge in [0.25, 0.3) is 0 Å². The summed E-state index contributed by atoms with van der Waals surface area (Å²) in [5, 5.41) is 0. The number of methoxy groups -OCH3 is 1. The number of ether oxygens (including phenoxy) is 1. The minimum Gasteiger partial charge on any atom is -0.469 e. The Hall–Kier alpha value is -1.05. The van der Waals surface area contributed by atoms with E-state index in [1.807, 2.05) is 0 Å². The van der Waals surface area contributed by atoms with Crippen molar-refractivity contribution in [1.82, 2.24) is 0 Å². The Labute approximate surface area is 92.0 Å². The molecule has 1 atom stereocenters. The summed E-state index contributed by atoms with van der Waals surface area (Å²) in [6.45, 7) is 2.20. The van der Waals surface area contributed by atoms with E-state index in [1.165, 1.54) is 25.5 Å². The van der Waals surface area contributed by atoms with Crippen LogP contribution in [0.25, 0.3) is 0 Å². The third-order valence-corrected chi connectivity index (χ3v) is 2.70. The molecule has 0 aromatic heterocycles. The maximum Gasteiger partial charge on any atom is 0.306 e. The molecule has 0 fully saturated rings. The van der Waals surface area contributed by atoms with Crippen LogP contribution in [-0.2, 0) is 9.53 Å². The topological polar surface area (TPSA) is 26.3 Å². The number of allylic oxidation sites excluding steroid dienone is 4. The van der Waals surface area contributed by atoms with Crippen molar-refractivity contribution in [2.24, 2.45) is 5.92 Å². The Balaban J connectivity index is 2.30. The molecule has 0 bridgehead atoms. The smallest absolute Gasteiger partial charge is 0.306 e. The highest BCUT2D eigenvalue weighted by Crippen LogP contribution is 2.26. The predicted molar refractivity (Wildman–Crippen MR) is 61.5 cm³/mol. The molecule has 0 spiro atoms. The highest BCUT2D eigenvalue weighted by Gasteiger charge is 2.16. The quantitative estimate of drug-likeness (QED) is 0.512. The van der Waals surface area contributed by atoms with Crippen molar-refractivity contribution >= 4 is 5.97 Å². The van der Waals surface area contributed by atoms with Crippen LogP contribution in [0.2, 0.25) is 0 Å². The fraction of sp³-hybridized carbons (Fsp3) is 0.615. The van der Waals surface area contributed by atoms with Crippen LogP contribution in [0.5, 0.6) is 0 Å². The fourth-order valence-corrected chi connectivity index (χ4v) is 1.78. The Bertz CT molecular complexity index is 264. The van der Waals surface area contributed by atoms with Gasteiger partial charge in [-0.2, -0.15) is 0 Å². The molecular formula is C13H20O2. The molecule has 0 saturated carbocycles. The lowest BCUT2D eigenvalue weighted by molar-refractivity contribution is -0.141. The summed E-state index contributed by atoms with van der Waals surface area (Å²) in [7, 11) is 1.44. The Morgan fingerprint density at radius 1 is 1.67 bits per heavy atom. The zero-order chi connectivity index (χ0) is 11.1. The Morgan fingerprint density at radius 3 is 3.13 bits per heavy atom. The number of esters is 1. The highest BCUT2D eigenvalue weighted by atomic mass is 16.5. The van der Waals surface area contributed by atoms with Crippen molar-refractivity contribution < 1.29 is 9.53 Å². The molecule has 0 N–H and O–H groups in total. The van der Waals surface area contributed by atoms with Gasteiger partial charge in [0.15, 0.2) is 0 Å². The van der Waals surface area contributed by atoms with Crippen LogP contribution in [0.3, 0.4) is 0 Å². The first-order valence-electron chi connectivity index (χ1n) is 5.70. The predicted octanol–water partition coefficient (Wildman–Crippen LogP) is 3.24. The molecule has 1 aliphatic carbocycles. The van der Waals surface area contributed by atoms with E-state index in [0.717, 1.165) is 12.8 Å². The fourth-order valence-electron chi connectivity index (χ4n) is 1.78. The van der Waals surface area contributed by atoms with Crippen molar-refractivity contribution in [1.29, 1.82) is 0 Å². The molecule has 0 aromatic carbocycles. The number of hydrogen-bond donors (Lipinski definition) is 0. The van der Waals surface area contributed by atoms with Gasteiger partial charge in [-0.05, 0) is 18.8 Å². The molecule has 1 rings (SSSR count). The second-order valence-electron chi connectivity index (χ2n) is 4.02. The van der Waals surface area contributed by atoms with Crippen LogP contribution in [0, 0.1) is 5.92 Å². The second kappa shape index (κ2) is 6.44. The van der Waals surface area contributed by atoms with Gasteiger partial charge < -0.3 is 4.74 Å². The van der Waals surface area contributed by atoms with Gasteiger partial charge in [-0.3, -0.25) is 4.79 Å². The lowest BCUT2D eigenvalue weighted by Crippen LogP contribution is -2.06. The summed E-state index contributed by atoms with van der Waals surface area (Å²) >= 11 is 0. The molecule has 0 aromatic rings. The van der Waals surface area contributed by atoms with Crippen molar-refractivity contribution in [3.8, 4) is 0 Å². The van der Waals surface area contributed by atoms with Gasteiger partial charge in [0.2, 0.25) is 0 Å². The zero-order valence-corrected chi connectivity index (χ0v) is 9.66. The van der Waals surface area contributed by atoms with E-state index in [1.54, 1.807) is 0 Å². The molecule has 2 nitrogen and oxygen atoms in total. The van der Waals surface area contributed by atoms with E-state index >= 15 is 0 Å². The maximum atomic E-state index is 11.1. The monoisotopic (exact) mass is 208 g/mol. The lowest BCUT2D eigenvalue weighted by Gasteiger charge is -2.05. The van der Waals surface area contributed by atoms with E-state index in [4.69, 9.17) is 0 Å². The molecule has 2 heteroatoms. The van der Waals surface area contributed by atoms with E-state index in [0.29, 0.717) is 12.3 Å². The van der Waals surface area contributed by atoms with Gasteiger partial charge in [0.1, 0.15) is 0 Å². The zero-order valence-electron chi connectivity index (χ0n) is 9.66. The van der Waals surface area contributed by atoms with Crippen LogP contribution in [-0.4, -0.2) is 13.1 Å².